The molecule has 224 valence electrons. The van der Waals surface area contributed by atoms with Crippen molar-refractivity contribution in [1.82, 2.24) is 19.5 Å². The van der Waals surface area contributed by atoms with Gasteiger partial charge in [-0.05, 0) is 53.2 Å². The second kappa shape index (κ2) is 10.5. The van der Waals surface area contributed by atoms with Gasteiger partial charge < -0.3 is 8.98 Å². The van der Waals surface area contributed by atoms with Gasteiger partial charge in [0.1, 0.15) is 11.2 Å². The van der Waals surface area contributed by atoms with Crippen LogP contribution in [0.15, 0.2) is 162 Å². The molecule has 0 spiro atoms. The molecule has 3 aromatic heterocycles. The lowest BCUT2D eigenvalue weighted by molar-refractivity contribution is 0.669. The van der Waals surface area contributed by atoms with Crippen molar-refractivity contribution < 1.29 is 4.42 Å². The fourth-order valence-corrected chi connectivity index (χ4v) is 6.98. The molecule has 0 amide bonds. The number of rotatable bonds is 4. The van der Waals surface area contributed by atoms with Gasteiger partial charge in [0.2, 0.25) is 0 Å². The van der Waals surface area contributed by atoms with Crippen LogP contribution in [0.4, 0.5) is 0 Å². The van der Waals surface area contributed by atoms with E-state index in [4.69, 9.17) is 19.4 Å². The van der Waals surface area contributed by atoms with Crippen LogP contribution in [-0.4, -0.2) is 19.5 Å². The highest BCUT2D eigenvalue weighted by Gasteiger charge is 2.18. The Labute approximate surface area is 275 Å². The molecule has 0 radical (unpaired) electrons. The number of fused-ring (bicyclic) bond motifs is 8. The molecule has 0 atom stereocenters. The molecule has 5 nitrogen and oxygen atoms in total. The molecule has 10 rings (SSSR count). The summed E-state index contributed by atoms with van der Waals surface area (Å²) in [5.74, 6) is 1.93. The van der Waals surface area contributed by atoms with E-state index in [1.54, 1.807) is 0 Å². The van der Waals surface area contributed by atoms with Gasteiger partial charge in [-0.3, -0.25) is 0 Å². The molecule has 0 aliphatic heterocycles. The monoisotopic (exact) mass is 614 g/mol. The molecule has 0 N–H and O–H groups in total. The van der Waals surface area contributed by atoms with Crippen molar-refractivity contribution >= 4 is 54.5 Å². The molecule has 0 fully saturated rings. The lowest BCUT2D eigenvalue weighted by atomic mass is 10.0. The number of hydrogen-bond acceptors (Lipinski definition) is 4. The number of para-hydroxylation sites is 1. The molecule has 0 unspecified atom stereocenters. The Hall–Kier alpha value is -6.59. The Kier molecular flexibility index (Phi) is 5.81. The van der Waals surface area contributed by atoms with Gasteiger partial charge in [0.05, 0.1) is 11.0 Å². The van der Waals surface area contributed by atoms with Crippen LogP contribution in [0.3, 0.4) is 0 Å². The van der Waals surface area contributed by atoms with Gasteiger partial charge in [-0.2, -0.15) is 0 Å². The molecular formula is C43H26N4O. The molecule has 0 bridgehead atoms. The van der Waals surface area contributed by atoms with E-state index in [0.717, 1.165) is 55.3 Å². The lowest BCUT2D eigenvalue weighted by Gasteiger charge is -2.10. The number of hydrogen-bond donors (Lipinski definition) is 0. The van der Waals surface area contributed by atoms with Crippen LogP contribution in [-0.2, 0) is 0 Å². The Bertz CT molecular complexity index is 2760. The number of benzene rings is 7. The largest absolute Gasteiger partial charge is 0.456 e. The van der Waals surface area contributed by atoms with Gasteiger partial charge in [0.25, 0.3) is 0 Å². The van der Waals surface area contributed by atoms with Crippen molar-refractivity contribution in [2.75, 3.05) is 0 Å². The third-order valence-corrected chi connectivity index (χ3v) is 9.24. The van der Waals surface area contributed by atoms with Gasteiger partial charge >= 0.3 is 0 Å². The quantitative estimate of drug-likeness (QED) is 0.198. The van der Waals surface area contributed by atoms with Gasteiger partial charge in [0, 0.05) is 50.0 Å². The molecular weight excluding hydrogens is 589 g/mol. The highest BCUT2D eigenvalue weighted by Crippen LogP contribution is 2.40. The van der Waals surface area contributed by atoms with Gasteiger partial charge in [-0.25, -0.2) is 15.0 Å². The van der Waals surface area contributed by atoms with Crippen LogP contribution in [0.2, 0.25) is 0 Å². The summed E-state index contributed by atoms with van der Waals surface area (Å²) < 4.78 is 8.81. The zero-order chi connectivity index (χ0) is 31.6. The lowest BCUT2D eigenvalue weighted by Crippen LogP contribution is -2.00. The standard InChI is InChI=1S/C43H26N4O/c1-3-12-28(13-4-1)41-44-42(29-14-5-2-6-15-29)46-43(45-41)30-19-22-31(23-20-30)47-36-18-10-9-17-33(36)34-25-35-39(26-37(34)47)48-38-24-21-27-11-7-8-16-32(27)40(35)38/h1-26H. The van der Waals surface area contributed by atoms with Crippen LogP contribution in [0.25, 0.3) is 94.4 Å². The summed E-state index contributed by atoms with van der Waals surface area (Å²) >= 11 is 0. The maximum atomic E-state index is 6.49. The van der Waals surface area contributed by atoms with E-state index in [1.807, 2.05) is 60.7 Å². The highest BCUT2D eigenvalue weighted by molar-refractivity contribution is 6.23. The number of aromatic nitrogens is 4. The van der Waals surface area contributed by atoms with Crippen molar-refractivity contribution in [3.8, 4) is 39.9 Å². The SMILES string of the molecule is c1ccc(-c2nc(-c3ccccc3)nc(-c3ccc(-n4c5ccccc5c5cc6c(cc54)oc4ccc5ccccc5c46)cc3)n2)cc1. The molecule has 0 saturated carbocycles. The maximum absolute atomic E-state index is 6.49. The molecule has 0 saturated heterocycles. The molecule has 10 aromatic rings. The van der Waals surface area contributed by atoms with E-state index >= 15 is 0 Å². The van der Waals surface area contributed by atoms with E-state index in [0.29, 0.717) is 17.5 Å². The molecule has 3 heterocycles. The predicted molar refractivity (Wildman–Crippen MR) is 195 cm³/mol. The molecule has 7 aromatic carbocycles. The first-order chi connectivity index (χ1) is 23.8. The zero-order valence-corrected chi connectivity index (χ0v) is 25.7. The van der Waals surface area contributed by atoms with Crippen molar-refractivity contribution in [2.24, 2.45) is 0 Å². The third-order valence-electron chi connectivity index (χ3n) is 9.24. The summed E-state index contributed by atoms with van der Waals surface area (Å²) in [6, 6.07) is 54.4. The van der Waals surface area contributed by atoms with E-state index in [2.05, 4.69) is 102 Å². The Morgan fingerprint density at radius 2 is 0.979 bits per heavy atom. The third kappa shape index (κ3) is 4.15. The fourth-order valence-electron chi connectivity index (χ4n) is 6.98. The number of nitrogens with zero attached hydrogens (tertiary/aromatic N) is 4. The van der Waals surface area contributed by atoms with Crippen molar-refractivity contribution in [3.63, 3.8) is 0 Å². The van der Waals surface area contributed by atoms with E-state index in [1.165, 1.54) is 21.5 Å². The van der Waals surface area contributed by atoms with E-state index < -0.39 is 0 Å². The minimum Gasteiger partial charge on any atom is -0.456 e. The summed E-state index contributed by atoms with van der Waals surface area (Å²) in [6.07, 6.45) is 0. The summed E-state index contributed by atoms with van der Waals surface area (Å²) in [7, 11) is 0. The molecule has 48 heavy (non-hydrogen) atoms. The van der Waals surface area contributed by atoms with Gasteiger partial charge in [-0.1, -0.05) is 109 Å². The maximum Gasteiger partial charge on any atom is 0.164 e. The first-order valence-corrected chi connectivity index (χ1v) is 16.0. The summed E-state index contributed by atoms with van der Waals surface area (Å²) in [6.45, 7) is 0. The molecule has 0 aliphatic carbocycles. The van der Waals surface area contributed by atoms with Crippen molar-refractivity contribution in [2.45, 2.75) is 0 Å². The van der Waals surface area contributed by atoms with Crippen molar-refractivity contribution in [1.29, 1.82) is 0 Å². The molecule has 0 aliphatic rings. The fraction of sp³-hybridized carbons (Fsp3) is 0. The number of furan rings is 1. The Morgan fingerprint density at radius 3 is 1.67 bits per heavy atom. The van der Waals surface area contributed by atoms with Crippen LogP contribution in [0, 0.1) is 0 Å². The smallest absolute Gasteiger partial charge is 0.164 e. The Morgan fingerprint density at radius 1 is 0.396 bits per heavy atom. The van der Waals surface area contributed by atoms with E-state index in [9.17, 15) is 0 Å². The summed E-state index contributed by atoms with van der Waals surface area (Å²) in [5.41, 5.74) is 7.88. The minimum atomic E-state index is 0.632. The van der Waals surface area contributed by atoms with Crippen LogP contribution < -0.4 is 0 Å². The average Bonchev–Trinajstić information content (AvgIpc) is 3.69. The molecule has 5 heteroatoms. The second-order valence-corrected chi connectivity index (χ2v) is 12.1. The Balaban J connectivity index is 1.14. The van der Waals surface area contributed by atoms with E-state index in [-0.39, 0.29) is 0 Å². The van der Waals surface area contributed by atoms with Gasteiger partial charge in [0.15, 0.2) is 17.5 Å². The highest BCUT2D eigenvalue weighted by atomic mass is 16.3. The second-order valence-electron chi connectivity index (χ2n) is 12.1. The van der Waals surface area contributed by atoms with Crippen molar-refractivity contribution in [3.05, 3.63) is 158 Å². The first-order valence-electron chi connectivity index (χ1n) is 16.0. The minimum absolute atomic E-state index is 0.632. The topological polar surface area (TPSA) is 56.7 Å². The first kappa shape index (κ1) is 26.6. The van der Waals surface area contributed by atoms with Gasteiger partial charge in [-0.15, -0.1) is 0 Å². The zero-order valence-electron chi connectivity index (χ0n) is 25.7. The summed E-state index contributed by atoms with van der Waals surface area (Å²) in [5, 5.41) is 7.09. The average molecular weight is 615 g/mol. The summed E-state index contributed by atoms with van der Waals surface area (Å²) in [4.78, 5) is 14.7. The van der Waals surface area contributed by atoms with Crippen LogP contribution in [0.5, 0.6) is 0 Å². The predicted octanol–water partition coefficient (Wildman–Crippen LogP) is 11.0. The normalized spacial score (nSPS) is 11.8. The van der Waals surface area contributed by atoms with Crippen LogP contribution >= 0.6 is 0 Å². The van der Waals surface area contributed by atoms with Crippen LogP contribution in [0.1, 0.15) is 0 Å².